The number of benzene rings is 1. The molecule has 0 aliphatic rings. The first kappa shape index (κ1) is 13.6. The topological polar surface area (TPSA) is 23.8 Å². The molecule has 0 fully saturated rings. The SMILES string of the molecule is CCC(C)C(C#N)c1cccc(C(F)(F)F)c1. The summed E-state index contributed by atoms with van der Waals surface area (Å²) in [7, 11) is 0. The molecule has 0 aliphatic heterocycles. The maximum Gasteiger partial charge on any atom is 0.416 e. The highest BCUT2D eigenvalue weighted by Gasteiger charge is 2.31. The summed E-state index contributed by atoms with van der Waals surface area (Å²) in [4.78, 5) is 0. The second-order valence-corrected chi connectivity index (χ2v) is 4.12. The predicted molar refractivity (Wildman–Crippen MR) is 59.3 cm³/mol. The normalized spacial score (nSPS) is 15.1. The molecule has 0 bridgehead atoms. The number of nitrogens with zero attached hydrogens (tertiary/aromatic N) is 1. The van der Waals surface area contributed by atoms with Crippen molar-refractivity contribution in [2.45, 2.75) is 32.4 Å². The molecule has 4 heteroatoms. The molecule has 1 aromatic rings. The van der Waals surface area contributed by atoms with Gasteiger partial charge in [0, 0.05) is 0 Å². The quantitative estimate of drug-likeness (QED) is 0.771. The fraction of sp³-hybridized carbons (Fsp3) is 0.462. The van der Waals surface area contributed by atoms with E-state index >= 15 is 0 Å². The van der Waals surface area contributed by atoms with Gasteiger partial charge in [-0.1, -0.05) is 38.5 Å². The summed E-state index contributed by atoms with van der Waals surface area (Å²) in [5.41, 5.74) is -0.254. The van der Waals surface area contributed by atoms with Gasteiger partial charge in [0.05, 0.1) is 17.6 Å². The van der Waals surface area contributed by atoms with E-state index < -0.39 is 17.7 Å². The Morgan fingerprint density at radius 3 is 2.47 bits per heavy atom. The van der Waals surface area contributed by atoms with Gasteiger partial charge >= 0.3 is 6.18 Å². The summed E-state index contributed by atoms with van der Waals surface area (Å²) in [6, 6.07) is 7.10. The average molecular weight is 241 g/mol. The van der Waals surface area contributed by atoms with Crippen LogP contribution in [0, 0.1) is 17.2 Å². The van der Waals surface area contributed by atoms with Crippen LogP contribution in [0.4, 0.5) is 13.2 Å². The molecule has 0 saturated carbocycles. The minimum absolute atomic E-state index is 0.0449. The van der Waals surface area contributed by atoms with Crippen LogP contribution in [0.25, 0.3) is 0 Å². The number of halogens is 3. The molecule has 0 aliphatic carbocycles. The van der Waals surface area contributed by atoms with Crippen molar-refractivity contribution in [2.75, 3.05) is 0 Å². The Balaban J connectivity index is 3.11. The zero-order valence-corrected chi connectivity index (χ0v) is 9.75. The molecule has 1 rings (SSSR count). The molecular weight excluding hydrogens is 227 g/mol. The molecule has 2 unspecified atom stereocenters. The van der Waals surface area contributed by atoms with E-state index in [9.17, 15) is 13.2 Å². The molecular formula is C13H14F3N. The summed E-state index contributed by atoms with van der Waals surface area (Å²) in [5.74, 6) is -0.439. The second-order valence-electron chi connectivity index (χ2n) is 4.12. The van der Waals surface area contributed by atoms with E-state index in [0.717, 1.165) is 18.6 Å². The van der Waals surface area contributed by atoms with E-state index in [-0.39, 0.29) is 5.92 Å². The van der Waals surface area contributed by atoms with Gasteiger partial charge in [0.1, 0.15) is 0 Å². The largest absolute Gasteiger partial charge is 0.416 e. The fourth-order valence-electron chi connectivity index (χ4n) is 1.67. The zero-order valence-electron chi connectivity index (χ0n) is 9.75. The van der Waals surface area contributed by atoms with Gasteiger partial charge < -0.3 is 0 Å². The van der Waals surface area contributed by atoms with Crippen molar-refractivity contribution in [3.63, 3.8) is 0 Å². The van der Waals surface area contributed by atoms with Crippen LogP contribution < -0.4 is 0 Å². The molecule has 17 heavy (non-hydrogen) atoms. The first-order valence-corrected chi connectivity index (χ1v) is 5.47. The maximum atomic E-state index is 12.5. The molecule has 1 nitrogen and oxygen atoms in total. The van der Waals surface area contributed by atoms with Crippen LogP contribution >= 0.6 is 0 Å². The Morgan fingerprint density at radius 1 is 1.35 bits per heavy atom. The lowest BCUT2D eigenvalue weighted by Crippen LogP contribution is -2.10. The van der Waals surface area contributed by atoms with Crippen LogP contribution in [0.3, 0.4) is 0 Å². The fourth-order valence-corrected chi connectivity index (χ4v) is 1.67. The van der Waals surface area contributed by atoms with Gasteiger partial charge in [-0.25, -0.2) is 0 Å². The molecule has 1 aromatic carbocycles. The van der Waals surface area contributed by atoms with Crippen LogP contribution in [-0.2, 0) is 6.18 Å². The van der Waals surface area contributed by atoms with Gasteiger partial charge in [0.15, 0.2) is 0 Å². The van der Waals surface area contributed by atoms with Crippen molar-refractivity contribution in [2.24, 2.45) is 5.92 Å². The number of rotatable bonds is 3. The molecule has 0 saturated heterocycles. The lowest BCUT2D eigenvalue weighted by molar-refractivity contribution is -0.137. The van der Waals surface area contributed by atoms with Gasteiger partial charge in [-0.05, 0) is 17.5 Å². The van der Waals surface area contributed by atoms with Crippen LogP contribution in [0.2, 0.25) is 0 Å². The number of hydrogen-bond acceptors (Lipinski definition) is 1. The Kier molecular flexibility index (Phi) is 4.17. The summed E-state index contributed by atoms with van der Waals surface area (Å²) in [5, 5.41) is 9.04. The Morgan fingerprint density at radius 2 is 2.00 bits per heavy atom. The van der Waals surface area contributed by atoms with Crippen molar-refractivity contribution in [1.29, 1.82) is 5.26 Å². The lowest BCUT2D eigenvalue weighted by Gasteiger charge is -2.17. The Bertz CT molecular complexity index is 417. The molecule has 0 amide bonds. The highest BCUT2D eigenvalue weighted by Crippen LogP contribution is 2.33. The summed E-state index contributed by atoms with van der Waals surface area (Å²) >= 11 is 0. The summed E-state index contributed by atoms with van der Waals surface area (Å²) < 4.78 is 37.6. The van der Waals surface area contributed by atoms with E-state index in [1.807, 2.05) is 13.8 Å². The van der Waals surface area contributed by atoms with Gasteiger partial charge in [0.25, 0.3) is 0 Å². The highest BCUT2D eigenvalue weighted by molar-refractivity contribution is 5.31. The van der Waals surface area contributed by atoms with Crippen molar-refractivity contribution in [3.8, 4) is 6.07 Å². The number of nitriles is 1. The smallest absolute Gasteiger partial charge is 0.198 e. The van der Waals surface area contributed by atoms with Crippen molar-refractivity contribution >= 4 is 0 Å². The average Bonchev–Trinajstić information content (AvgIpc) is 2.29. The van der Waals surface area contributed by atoms with E-state index in [4.69, 9.17) is 5.26 Å². The van der Waals surface area contributed by atoms with Gasteiger partial charge in [-0.3, -0.25) is 0 Å². The third-order valence-electron chi connectivity index (χ3n) is 2.93. The van der Waals surface area contributed by atoms with Crippen molar-refractivity contribution in [1.82, 2.24) is 0 Å². The molecule has 0 heterocycles. The second kappa shape index (κ2) is 5.22. The van der Waals surface area contributed by atoms with E-state index in [2.05, 4.69) is 6.07 Å². The van der Waals surface area contributed by atoms with Gasteiger partial charge in [-0.15, -0.1) is 0 Å². The van der Waals surface area contributed by atoms with Crippen molar-refractivity contribution < 1.29 is 13.2 Å². The van der Waals surface area contributed by atoms with E-state index in [1.165, 1.54) is 6.07 Å². The van der Waals surface area contributed by atoms with Crippen LogP contribution in [0.15, 0.2) is 24.3 Å². The van der Waals surface area contributed by atoms with E-state index in [1.54, 1.807) is 6.07 Å². The predicted octanol–water partition coefficient (Wildman–Crippen LogP) is 4.36. The van der Waals surface area contributed by atoms with E-state index in [0.29, 0.717) is 5.56 Å². The molecule has 0 aromatic heterocycles. The standard InChI is InChI=1S/C13H14F3N/c1-3-9(2)12(8-17)10-5-4-6-11(7-10)13(14,15)16/h4-7,9,12H,3H2,1-2H3. The first-order chi connectivity index (χ1) is 7.90. The molecule has 0 N–H and O–H groups in total. The monoisotopic (exact) mass is 241 g/mol. The summed E-state index contributed by atoms with van der Waals surface area (Å²) in [6.07, 6.45) is -3.60. The maximum absolute atomic E-state index is 12.5. The number of alkyl halides is 3. The van der Waals surface area contributed by atoms with Crippen molar-refractivity contribution in [3.05, 3.63) is 35.4 Å². The Labute approximate surface area is 98.9 Å². The summed E-state index contributed by atoms with van der Waals surface area (Å²) in [6.45, 7) is 3.79. The first-order valence-electron chi connectivity index (χ1n) is 5.47. The lowest BCUT2D eigenvalue weighted by atomic mass is 9.86. The van der Waals surface area contributed by atoms with Crippen LogP contribution in [0.5, 0.6) is 0 Å². The molecule has 0 radical (unpaired) electrons. The highest BCUT2D eigenvalue weighted by atomic mass is 19.4. The third-order valence-corrected chi connectivity index (χ3v) is 2.93. The van der Waals surface area contributed by atoms with Gasteiger partial charge in [-0.2, -0.15) is 18.4 Å². The molecule has 92 valence electrons. The Hall–Kier alpha value is -1.50. The minimum Gasteiger partial charge on any atom is -0.198 e. The molecule has 2 atom stereocenters. The zero-order chi connectivity index (χ0) is 13.1. The molecule has 0 spiro atoms. The number of hydrogen-bond donors (Lipinski definition) is 0. The van der Waals surface area contributed by atoms with Crippen LogP contribution in [-0.4, -0.2) is 0 Å². The third kappa shape index (κ3) is 3.23. The van der Waals surface area contributed by atoms with Gasteiger partial charge in [0.2, 0.25) is 0 Å². The van der Waals surface area contributed by atoms with Crippen LogP contribution in [0.1, 0.15) is 37.3 Å². The minimum atomic E-state index is -4.36.